The van der Waals surface area contributed by atoms with E-state index in [4.69, 9.17) is 10.5 Å². The quantitative estimate of drug-likeness (QED) is 0.868. The molecule has 0 radical (unpaired) electrons. The van der Waals surface area contributed by atoms with E-state index >= 15 is 0 Å². The van der Waals surface area contributed by atoms with Gasteiger partial charge in [0.2, 0.25) is 5.91 Å². The minimum atomic E-state index is -3.73. The van der Waals surface area contributed by atoms with Gasteiger partial charge in [-0.2, -0.15) is 0 Å². The molecule has 0 aromatic heterocycles. The van der Waals surface area contributed by atoms with Crippen molar-refractivity contribution >= 4 is 21.6 Å². The van der Waals surface area contributed by atoms with Gasteiger partial charge in [0.15, 0.2) is 0 Å². The van der Waals surface area contributed by atoms with Crippen LogP contribution in [0.4, 0.5) is 5.69 Å². The highest BCUT2D eigenvalue weighted by Gasteiger charge is 2.16. The summed E-state index contributed by atoms with van der Waals surface area (Å²) in [6, 6.07) is 12.0. The maximum Gasteiger partial charge on any atom is 0.261 e. The van der Waals surface area contributed by atoms with E-state index in [1.54, 1.807) is 12.1 Å². The zero-order valence-corrected chi connectivity index (χ0v) is 14.6. The van der Waals surface area contributed by atoms with Crippen LogP contribution in [-0.4, -0.2) is 19.9 Å². The van der Waals surface area contributed by atoms with Crippen LogP contribution in [0.25, 0.3) is 0 Å². The highest BCUT2D eigenvalue weighted by molar-refractivity contribution is 7.92. The predicted octanol–water partition coefficient (Wildman–Crippen LogP) is 2.76. The third-order valence-electron chi connectivity index (χ3n) is 2.98. The summed E-state index contributed by atoms with van der Waals surface area (Å²) >= 11 is 0. The van der Waals surface area contributed by atoms with Crippen LogP contribution in [0.1, 0.15) is 31.1 Å². The number of hydrogen-bond donors (Lipinski definition) is 2. The summed E-state index contributed by atoms with van der Waals surface area (Å²) in [4.78, 5) is 11.1. The Hall–Kier alpha value is -2.54. The van der Waals surface area contributed by atoms with Gasteiger partial charge in [0.05, 0.1) is 4.90 Å². The van der Waals surface area contributed by atoms with Gasteiger partial charge >= 0.3 is 0 Å². The van der Waals surface area contributed by atoms with E-state index in [0.717, 1.165) is 0 Å². The number of benzene rings is 2. The molecule has 0 fully saturated rings. The van der Waals surface area contributed by atoms with E-state index in [9.17, 15) is 13.2 Å². The summed E-state index contributed by atoms with van der Waals surface area (Å²) in [5, 5.41) is 0. The van der Waals surface area contributed by atoms with E-state index in [-0.39, 0.29) is 10.5 Å². The van der Waals surface area contributed by atoms with Gasteiger partial charge in [-0.15, -0.1) is 0 Å². The SMILES string of the molecule is CC(C)(C)Oc1ccc(S(=O)(=O)Nc2ccc(C(N)=O)cc2)cc1. The lowest BCUT2D eigenvalue weighted by Crippen LogP contribution is -2.23. The van der Waals surface area contributed by atoms with Gasteiger partial charge in [-0.3, -0.25) is 9.52 Å². The van der Waals surface area contributed by atoms with Crippen molar-refractivity contribution in [2.45, 2.75) is 31.3 Å². The lowest BCUT2D eigenvalue weighted by molar-refractivity contribution is 0.1000. The number of nitrogens with one attached hydrogen (secondary N) is 1. The molecule has 2 rings (SSSR count). The molecule has 0 heterocycles. The molecule has 0 aliphatic rings. The number of carbonyl (C=O) groups is 1. The summed E-state index contributed by atoms with van der Waals surface area (Å²) in [6.45, 7) is 5.73. The first-order chi connectivity index (χ1) is 11.1. The van der Waals surface area contributed by atoms with Gasteiger partial charge in [0, 0.05) is 11.3 Å². The van der Waals surface area contributed by atoms with E-state index in [2.05, 4.69) is 4.72 Å². The Labute approximate surface area is 141 Å². The highest BCUT2D eigenvalue weighted by Crippen LogP contribution is 2.22. The molecule has 1 amide bonds. The Bertz CT molecular complexity index is 820. The fourth-order valence-electron chi connectivity index (χ4n) is 1.96. The molecule has 0 aliphatic heterocycles. The lowest BCUT2D eigenvalue weighted by Gasteiger charge is -2.21. The van der Waals surface area contributed by atoms with Crippen LogP contribution >= 0.6 is 0 Å². The van der Waals surface area contributed by atoms with Crippen molar-refractivity contribution in [2.24, 2.45) is 5.73 Å². The first-order valence-corrected chi connectivity index (χ1v) is 8.77. The largest absolute Gasteiger partial charge is 0.488 e. The predicted molar refractivity (Wildman–Crippen MR) is 92.6 cm³/mol. The first kappa shape index (κ1) is 17.8. The van der Waals surface area contributed by atoms with Crippen LogP contribution < -0.4 is 15.2 Å². The van der Waals surface area contributed by atoms with E-state index in [1.165, 1.54) is 36.4 Å². The second kappa shape index (κ2) is 6.52. The summed E-state index contributed by atoms with van der Waals surface area (Å²) in [5.41, 5.74) is 5.44. The number of ether oxygens (including phenoxy) is 1. The molecule has 3 N–H and O–H groups in total. The Morgan fingerprint density at radius 3 is 2.00 bits per heavy atom. The van der Waals surface area contributed by atoms with Gasteiger partial charge in [-0.05, 0) is 69.3 Å². The third-order valence-corrected chi connectivity index (χ3v) is 4.38. The molecule has 2 aromatic rings. The third kappa shape index (κ3) is 4.73. The van der Waals surface area contributed by atoms with Crippen LogP contribution in [0.15, 0.2) is 53.4 Å². The van der Waals surface area contributed by atoms with Crippen molar-refractivity contribution in [3.05, 3.63) is 54.1 Å². The minimum Gasteiger partial charge on any atom is -0.488 e. The molecule has 0 unspecified atom stereocenters. The summed E-state index contributed by atoms with van der Waals surface area (Å²) in [7, 11) is -3.73. The topological polar surface area (TPSA) is 98.5 Å². The smallest absolute Gasteiger partial charge is 0.261 e. The monoisotopic (exact) mass is 348 g/mol. The summed E-state index contributed by atoms with van der Waals surface area (Å²) in [5.74, 6) is 0.0195. The number of primary amides is 1. The zero-order chi connectivity index (χ0) is 18.0. The Morgan fingerprint density at radius 1 is 1.00 bits per heavy atom. The van der Waals surface area contributed by atoms with E-state index in [0.29, 0.717) is 17.0 Å². The molecular weight excluding hydrogens is 328 g/mol. The highest BCUT2D eigenvalue weighted by atomic mass is 32.2. The van der Waals surface area contributed by atoms with Crippen molar-refractivity contribution < 1.29 is 17.9 Å². The number of sulfonamides is 1. The van der Waals surface area contributed by atoms with Crippen molar-refractivity contribution in [3.8, 4) is 5.75 Å². The first-order valence-electron chi connectivity index (χ1n) is 7.29. The normalized spacial score (nSPS) is 11.8. The Morgan fingerprint density at radius 2 is 1.54 bits per heavy atom. The molecule has 0 aliphatic carbocycles. The Kier molecular flexibility index (Phi) is 4.84. The maximum atomic E-state index is 12.4. The minimum absolute atomic E-state index is 0.114. The number of rotatable bonds is 5. The van der Waals surface area contributed by atoms with Gasteiger partial charge in [-0.1, -0.05) is 0 Å². The summed E-state index contributed by atoms with van der Waals surface area (Å²) in [6.07, 6.45) is 0. The number of hydrogen-bond acceptors (Lipinski definition) is 4. The standard InChI is InChI=1S/C17H20N2O4S/c1-17(2,3)23-14-8-10-15(11-9-14)24(21,22)19-13-6-4-12(5-7-13)16(18)20/h4-11,19H,1-3H3,(H2,18,20). The van der Waals surface area contributed by atoms with E-state index in [1.807, 2.05) is 20.8 Å². The van der Waals surface area contributed by atoms with Gasteiger partial charge < -0.3 is 10.5 Å². The molecule has 6 nitrogen and oxygen atoms in total. The fraction of sp³-hybridized carbons (Fsp3) is 0.235. The molecule has 0 atom stereocenters. The number of amides is 1. The van der Waals surface area contributed by atoms with E-state index < -0.39 is 15.9 Å². The molecule has 0 saturated heterocycles. The van der Waals surface area contributed by atoms with Gasteiger partial charge in [0.1, 0.15) is 11.4 Å². The average molecular weight is 348 g/mol. The van der Waals surface area contributed by atoms with Crippen LogP contribution in [-0.2, 0) is 10.0 Å². The lowest BCUT2D eigenvalue weighted by atomic mass is 10.2. The molecule has 128 valence electrons. The Balaban J connectivity index is 2.16. The second-order valence-corrected chi connectivity index (χ2v) is 7.92. The molecular formula is C17H20N2O4S. The van der Waals surface area contributed by atoms with Crippen molar-refractivity contribution in [2.75, 3.05) is 4.72 Å². The number of anilines is 1. The van der Waals surface area contributed by atoms with Crippen LogP contribution in [0.5, 0.6) is 5.75 Å². The van der Waals surface area contributed by atoms with Crippen LogP contribution in [0.2, 0.25) is 0 Å². The number of carbonyl (C=O) groups excluding carboxylic acids is 1. The van der Waals surface area contributed by atoms with Crippen LogP contribution in [0.3, 0.4) is 0 Å². The average Bonchev–Trinajstić information content (AvgIpc) is 2.46. The van der Waals surface area contributed by atoms with Gasteiger partial charge in [0.25, 0.3) is 10.0 Å². The van der Waals surface area contributed by atoms with Crippen molar-refractivity contribution in [1.29, 1.82) is 0 Å². The van der Waals surface area contributed by atoms with Crippen molar-refractivity contribution in [1.82, 2.24) is 0 Å². The maximum absolute atomic E-state index is 12.4. The second-order valence-electron chi connectivity index (χ2n) is 6.23. The molecule has 24 heavy (non-hydrogen) atoms. The molecule has 0 spiro atoms. The summed E-state index contributed by atoms with van der Waals surface area (Å²) < 4.78 is 32.9. The molecule has 7 heteroatoms. The number of nitrogens with two attached hydrogens (primary N) is 1. The van der Waals surface area contributed by atoms with Crippen molar-refractivity contribution in [3.63, 3.8) is 0 Å². The molecule has 2 aromatic carbocycles. The van der Waals surface area contributed by atoms with Gasteiger partial charge in [-0.25, -0.2) is 8.42 Å². The molecule has 0 bridgehead atoms. The molecule has 0 saturated carbocycles. The van der Waals surface area contributed by atoms with Crippen LogP contribution in [0, 0.1) is 0 Å². The zero-order valence-electron chi connectivity index (χ0n) is 13.7. The fourth-order valence-corrected chi connectivity index (χ4v) is 3.02.